The van der Waals surface area contributed by atoms with E-state index in [4.69, 9.17) is 10.8 Å². The number of hydrogen-bond donors (Lipinski definition) is 3. The van der Waals surface area contributed by atoms with Gasteiger partial charge in [-0.1, -0.05) is 13.8 Å². The van der Waals surface area contributed by atoms with E-state index < -0.39 is 0 Å². The maximum absolute atomic E-state index is 9.01. The van der Waals surface area contributed by atoms with E-state index in [1.807, 2.05) is 0 Å². The number of nitrogens with two attached hydrogens (primary N) is 1. The smallest absolute Gasteiger partial charge is 0.188 e. The lowest BCUT2D eigenvalue weighted by Gasteiger charge is -2.22. The first-order valence-corrected chi connectivity index (χ1v) is 6.43. The lowest BCUT2D eigenvalue weighted by molar-refractivity contribution is 0.245. The van der Waals surface area contributed by atoms with Crippen molar-refractivity contribution < 1.29 is 5.11 Å². The summed E-state index contributed by atoms with van der Waals surface area (Å²) in [6.45, 7) is 11.4. The Morgan fingerprint density at radius 3 is 2.28 bits per heavy atom. The van der Waals surface area contributed by atoms with Crippen LogP contribution in [-0.2, 0) is 0 Å². The summed E-state index contributed by atoms with van der Waals surface area (Å²) in [5.74, 6) is 1.53. The Morgan fingerprint density at radius 1 is 1.33 bits per heavy atom. The van der Waals surface area contributed by atoms with Gasteiger partial charge in [0.05, 0.1) is 0 Å². The topological polar surface area (TPSA) is 70.6 Å². The Kier molecular flexibility index (Phi) is 11.1. The number of aliphatic imine (C=N–C) groups is 1. The Morgan fingerprint density at radius 2 is 1.89 bits per heavy atom. The van der Waals surface area contributed by atoms with Crippen LogP contribution in [0.5, 0.6) is 0 Å². The van der Waals surface area contributed by atoms with E-state index in [-0.39, 0.29) is 36.1 Å². The molecule has 0 bridgehead atoms. The average Bonchev–Trinajstić information content (AvgIpc) is 2.11. The van der Waals surface area contributed by atoms with Crippen molar-refractivity contribution in [1.29, 1.82) is 0 Å². The van der Waals surface area contributed by atoms with E-state index in [9.17, 15) is 0 Å². The van der Waals surface area contributed by atoms with Gasteiger partial charge < -0.3 is 16.2 Å². The third kappa shape index (κ3) is 12.4. The van der Waals surface area contributed by atoms with Crippen LogP contribution < -0.4 is 11.1 Å². The molecule has 0 fully saturated rings. The number of aliphatic hydroxyl groups excluding tert-OH is 1. The third-order valence-corrected chi connectivity index (χ3v) is 2.36. The first-order valence-electron chi connectivity index (χ1n) is 6.43. The van der Waals surface area contributed by atoms with Crippen LogP contribution >= 0.6 is 24.0 Å². The van der Waals surface area contributed by atoms with E-state index in [1.165, 1.54) is 0 Å². The maximum Gasteiger partial charge on any atom is 0.188 e. The first-order chi connectivity index (χ1) is 7.74. The number of aliphatic hydroxyl groups is 1. The van der Waals surface area contributed by atoms with Crippen LogP contribution in [0.2, 0.25) is 0 Å². The highest BCUT2D eigenvalue weighted by atomic mass is 127. The predicted octanol–water partition coefficient (Wildman–Crippen LogP) is 2.35. The summed E-state index contributed by atoms with van der Waals surface area (Å²) in [5, 5.41) is 12.1. The second-order valence-electron chi connectivity index (χ2n) is 6.11. The number of nitrogens with one attached hydrogen (secondary N) is 1. The van der Waals surface area contributed by atoms with Crippen LogP contribution in [0.25, 0.3) is 0 Å². The zero-order valence-electron chi connectivity index (χ0n) is 12.4. The molecule has 0 spiro atoms. The molecule has 0 aliphatic rings. The number of nitrogens with zero attached hydrogens (tertiary/aromatic N) is 1. The summed E-state index contributed by atoms with van der Waals surface area (Å²) in [6.07, 6.45) is 1.87. The molecule has 4 N–H and O–H groups in total. The number of guanidine groups is 1. The highest BCUT2D eigenvalue weighted by molar-refractivity contribution is 14.0. The van der Waals surface area contributed by atoms with Crippen molar-refractivity contribution in [3.63, 3.8) is 0 Å². The molecule has 1 unspecified atom stereocenters. The summed E-state index contributed by atoms with van der Waals surface area (Å²) in [5.41, 5.74) is 5.75. The van der Waals surface area contributed by atoms with Crippen LogP contribution in [0.4, 0.5) is 0 Å². The average molecular weight is 371 g/mol. The van der Waals surface area contributed by atoms with Crippen molar-refractivity contribution in [3.05, 3.63) is 0 Å². The van der Waals surface area contributed by atoms with Crippen LogP contribution in [0, 0.1) is 11.8 Å². The van der Waals surface area contributed by atoms with Gasteiger partial charge in [-0.25, -0.2) is 0 Å². The predicted molar refractivity (Wildman–Crippen MR) is 89.4 cm³/mol. The van der Waals surface area contributed by atoms with Gasteiger partial charge >= 0.3 is 0 Å². The molecule has 0 aromatic carbocycles. The highest BCUT2D eigenvalue weighted by Crippen LogP contribution is 2.15. The van der Waals surface area contributed by atoms with Gasteiger partial charge in [-0.3, -0.25) is 4.99 Å². The Labute approximate surface area is 129 Å². The number of halogens is 1. The summed E-state index contributed by atoms with van der Waals surface area (Å²) >= 11 is 0. The van der Waals surface area contributed by atoms with Gasteiger partial charge in [0.25, 0.3) is 0 Å². The fraction of sp³-hybridized carbons (Fsp3) is 0.923. The van der Waals surface area contributed by atoms with Gasteiger partial charge in [0.15, 0.2) is 5.96 Å². The van der Waals surface area contributed by atoms with Gasteiger partial charge in [0.1, 0.15) is 0 Å². The minimum atomic E-state index is -0.0574. The van der Waals surface area contributed by atoms with E-state index in [0.29, 0.717) is 24.3 Å². The standard InChI is InChI=1S/C13H29N3O.HI/c1-10(2)8-11(6-7-17)9-15-12(14)16-13(3,4)5;/h10-11,17H,6-9H2,1-5H3,(H3,14,15,16);1H. The van der Waals surface area contributed by atoms with Crippen LogP contribution in [0.3, 0.4) is 0 Å². The molecule has 0 amide bonds. The molecular weight excluding hydrogens is 341 g/mol. The maximum atomic E-state index is 9.01. The van der Waals surface area contributed by atoms with Gasteiger partial charge in [0, 0.05) is 18.7 Å². The van der Waals surface area contributed by atoms with Crippen LogP contribution in [0.1, 0.15) is 47.5 Å². The number of rotatable bonds is 6. The molecule has 5 heteroatoms. The second-order valence-corrected chi connectivity index (χ2v) is 6.11. The van der Waals surface area contributed by atoms with Crippen molar-refractivity contribution in [2.75, 3.05) is 13.2 Å². The highest BCUT2D eigenvalue weighted by Gasteiger charge is 2.12. The minimum absolute atomic E-state index is 0. The molecule has 0 heterocycles. The molecule has 0 aliphatic carbocycles. The molecule has 0 saturated heterocycles. The molecule has 0 aromatic heterocycles. The van der Waals surface area contributed by atoms with E-state index in [1.54, 1.807) is 0 Å². The molecule has 4 nitrogen and oxygen atoms in total. The molecule has 18 heavy (non-hydrogen) atoms. The fourth-order valence-corrected chi connectivity index (χ4v) is 1.78. The number of hydrogen-bond acceptors (Lipinski definition) is 2. The lowest BCUT2D eigenvalue weighted by Crippen LogP contribution is -2.45. The van der Waals surface area contributed by atoms with Gasteiger partial charge in [-0.15, -0.1) is 24.0 Å². The summed E-state index contributed by atoms with van der Waals surface area (Å²) in [7, 11) is 0. The summed E-state index contributed by atoms with van der Waals surface area (Å²) in [4.78, 5) is 4.35. The van der Waals surface area contributed by atoms with E-state index in [2.05, 4.69) is 44.9 Å². The van der Waals surface area contributed by atoms with Crippen molar-refractivity contribution in [2.45, 2.75) is 53.0 Å². The molecule has 110 valence electrons. The zero-order valence-corrected chi connectivity index (χ0v) is 14.7. The monoisotopic (exact) mass is 371 g/mol. The van der Waals surface area contributed by atoms with Gasteiger partial charge in [0.2, 0.25) is 0 Å². The molecular formula is C13H30IN3O. The molecule has 1 atom stereocenters. The Hall–Kier alpha value is -0.0400. The quantitative estimate of drug-likeness (QED) is 0.381. The van der Waals surface area contributed by atoms with Crippen molar-refractivity contribution in [2.24, 2.45) is 22.6 Å². The van der Waals surface area contributed by atoms with Crippen LogP contribution in [-0.4, -0.2) is 29.8 Å². The van der Waals surface area contributed by atoms with Gasteiger partial charge in [-0.2, -0.15) is 0 Å². The summed E-state index contributed by atoms with van der Waals surface area (Å²) in [6, 6.07) is 0. The van der Waals surface area contributed by atoms with Crippen molar-refractivity contribution >= 4 is 29.9 Å². The Bertz CT molecular complexity index is 237. The first kappa shape index (κ1) is 20.3. The minimum Gasteiger partial charge on any atom is -0.396 e. The molecule has 0 aromatic rings. The normalized spacial score (nSPS) is 14.3. The zero-order chi connectivity index (χ0) is 13.5. The second kappa shape index (κ2) is 9.83. The van der Waals surface area contributed by atoms with Crippen molar-refractivity contribution in [1.82, 2.24) is 5.32 Å². The van der Waals surface area contributed by atoms with Gasteiger partial charge in [-0.05, 0) is 45.4 Å². The van der Waals surface area contributed by atoms with E-state index >= 15 is 0 Å². The third-order valence-electron chi connectivity index (χ3n) is 2.36. The SMILES string of the molecule is CC(C)CC(CCO)CN=C(N)NC(C)(C)C.I. The molecule has 0 saturated carbocycles. The lowest BCUT2D eigenvalue weighted by atomic mass is 9.94. The molecule has 0 radical (unpaired) electrons. The van der Waals surface area contributed by atoms with E-state index in [0.717, 1.165) is 12.8 Å². The Balaban J connectivity index is 0. The van der Waals surface area contributed by atoms with Crippen molar-refractivity contribution in [3.8, 4) is 0 Å². The summed E-state index contributed by atoms with van der Waals surface area (Å²) < 4.78 is 0. The molecule has 0 aliphatic heterocycles. The largest absolute Gasteiger partial charge is 0.396 e. The van der Waals surface area contributed by atoms with Crippen LogP contribution in [0.15, 0.2) is 4.99 Å². The fourth-order valence-electron chi connectivity index (χ4n) is 1.78. The molecule has 0 rings (SSSR count).